The van der Waals surface area contributed by atoms with Gasteiger partial charge in [0.15, 0.2) is 0 Å². The molecular weight excluding hydrogens is 226 g/mol. The standard InChI is InChI=1S/C11H17NO3S/c1-3-10(8-13)12-16(14,15)11-7-5-4-6-9(11)2/h4-7,10,12-13H,3,8H2,1-2H3/t10-/m0/s1. The fourth-order valence-corrected chi connectivity index (χ4v) is 2.95. The third-order valence-electron chi connectivity index (χ3n) is 2.42. The Labute approximate surface area is 96.4 Å². The molecule has 90 valence electrons. The molecule has 0 fully saturated rings. The zero-order chi connectivity index (χ0) is 12.2. The molecule has 0 radical (unpaired) electrons. The van der Waals surface area contributed by atoms with Gasteiger partial charge in [0.25, 0.3) is 0 Å². The largest absolute Gasteiger partial charge is 0.395 e. The SMILES string of the molecule is CC[C@@H](CO)NS(=O)(=O)c1ccccc1C. The summed E-state index contributed by atoms with van der Waals surface area (Å²) >= 11 is 0. The molecule has 0 heterocycles. The van der Waals surface area contributed by atoms with Gasteiger partial charge in [0.2, 0.25) is 10.0 Å². The predicted octanol–water partition coefficient (Wildman–Crippen LogP) is 1.04. The van der Waals surface area contributed by atoms with E-state index in [9.17, 15) is 8.42 Å². The van der Waals surface area contributed by atoms with Gasteiger partial charge in [-0.3, -0.25) is 0 Å². The molecular formula is C11H17NO3S. The summed E-state index contributed by atoms with van der Waals surface area (Å²) in [7, 11) is -3.52. The summed E-state index contributed by atoms with van der Waals surface area (Å²) in [5.74, 6) is 0. The fourth-order valence-electron chi connectivity index (χ4n) is 1.39. The Morgan fingerprint density at radius 3 is 2.50 bits per heavy atom. The van der Waals surface area contributed by atoms with Crippen molar-refractivity contribution < 1.29 is 13.5 Å². The Bertz CT molecular complexity index is 438. The van der Waals surface area contributed by atoms with Crippen molar-refractivity contribution in [2.24, 2.45) is 0 Å². The van der Waals surface area contributed by atoms with Crippen LogP contribution in [0.2, 0.25) is 0 Å². The van der Waals surface area contributed by atoms with Crippen LogP contribution < -0.4 is 4.72 Å². The Morgan fingerprint density at radius 1 is 1.38 bits per heavy atom. The molecule has 0 saturated carbocycles. The lowest BCUT2D eigenvalue weighted by Crippen LogP contribution is -2.37. The number of benzene rings is 1. The second-order valence-electron chi connectivity index (χ2n) is 3.67. The fraction of sp³-hybridized carbons (Fsp3) is 0.455. The van der Waals surface area contributed by atoms with E-state index in [2.05, 4.69) is 4.72 Å². The van der Waals surface area contributed by atoms with Crippen LogP contribution in [0, 0.1) is 6.92 Å². The summed E-state index contributed by atoms with van der Waals surface area (Å²) < 4.78 is 26.4. The van der Waals surface area contributed by atoms with Crippen LogP contribution in [0.5, 0.6) is 0 Å². The molecule has 5 heteroatoms. The van der Waals surface area contributed by atoms with Crippen LogP contribution in [0.3, 0.4) is 0 Å². The lowest BCUT2D eigenvalue weighted by Gasteiger charge is -2.15. The number of aliphatic hydroxyl groups is 1. The molecule has 0 spiro atoms. The summed E-state index contributed by atoms with van der Waals surface area (Å²) in [5, 5.41) is 8.98. The van der Waals surface area contributed by atoms with Gasteiger partial charge in [0.05, 0.1) is 11.5 Å². The van der Waals surface area contributed by atoms with Gasteiger partial charge < -0.3 is 5.11 Å². The van der Waals surface area contributed by atoms with Crippen LogP contribution >= 0.6 is 0 Å². The molecule has 4 nitrogen and oxygen atoms in total. The highest BCUT2D eigenvalue weighted by Crippen LogP contribution is 2.14. The lowest BCUT2D eigenvalue weighted by atomic mass is 10.2. The second-order valence-corrected chi connectivity index (χ2v) is 5.36. The maximum absolute atomic E-state index is 12.0. The van der Waals surface area contributed by atoms with Gasteiger partial charge in [-0.05, 0) is 25.0 Å². The molecule has 1 rings (SSSR count). The van der Waals surface area contributed by atoms with Crippen molar-refractivity contribution in [1.29, 1.82) is 0 Å². The number of aliphatic hydroxyl groups excluding tert-OH is 1. The highest BCUT2D eigenvalue weighted by Gasteiger charge is 2.19. The third kappa shape index (κ3) is 3.04. The number of rotatable bonds is 5. The van der Waals surface area contributed by atoms with Crippen molar-refractivity contribution in [3.05, 3.63) is 29.8 Å². The molecule has 16 heavy (non-hydrogen) atoms. The van der Waals surface area contributed by atoms with Gasteiger partial charge >= 0.3 is 0 Å². The van der Waals surface area contributed by atoms with E-state index in [1.807, 2.05) is 6.92 Å². The number of aryl methyl sites for hydroxylation is 1. The molecule has 0 amide bonds. The molecule has 1 aromatic rings. The normalized spacial score (nSPS) is 13.7. The quantitative estimate of drug-likeness (QED) is 0.812. The maximum atomic E-state index is 12.0. The molecule has 0 saturated heterocycles. The summed E-state index contributed by atoms with van der Waals surface area (Å²) in [6.45, 7) is 3.37. The van der Waals surface area contributed by atoms with Crippen molar-refractivity contribution in [3.63, 3.8) is 0 Å². The van der Waals surface area contributed by atoms with Crippen LogP contribution in [-0.4, -0.2) is 26.2 Å². The molecule has 0 unspecified atom stereocenters. The van der Waals surface area contributed by atoms with E-state index in [1.165, 1.54) is 0 Å². The zero-order valence-electron chi connectivity index (χ0n) is 9.47. The molecule has 0 aromatic heterocycles. The van der Waals surface area contributed by atoms with Crippen molar-refractivity contribution in [2.75, 3.05) is 6.61 Å². The monoisotopic (exact) mass is 243 g/mol. The number of nitrogens with one attached hydrogen (secondary N) is 1. The van der Waals surface area contributed by atoms with Crippen molar-refractivity contribution >= 4 is 10.0 Å². The first-order valence-corrected chi connectivity index (χ1v) is 6.68. The van der Waals surface area contributed by atoms with Gasteiger partial charge in [0, 0.05) is 6.04 Å². The number of hydrogen-bond donors (Lipinski definition) is 2. The highest BCUT2D eigenvalue weighted by atomic mass is 32.2. The van der Waals surface area contributed by atoms with E-state index in [0.29, 0.717) is 12.0 Å². The molecule has 0 bridgehead atoms. The highest BCUT2D eigenvalue weighted by molar-refractivity contribution is 7.89. The summed E-state index contributed by atoms with van der Waals surface area (Å²) in [6.07, 6.45) is 0.557. The Kier molecular flexibility index (Phi) is 4.46. The Morgan fingerprint density at radius 2 is 2.00 bits per heavy atom. The van der Waals surface area contributed by atoms with Gasteiger partial charge in [0.1, 0.15) is 0 Å². The van der Waals surface area contributed by atoms with Crippen LogP contribution in [0.4, 0.5) is 0 Å². The van der Waals surface area contributed by atoms with Gasteiger partial charge in [-0.2, -0.15) is 0 Å². The van der Waals surface area contributed by atoms with Crippen LogP contribution in [0.25, 0.3) is 0 Å². The molecule has 0 aliphatic carbocycles. The van der Waals surface area contributed by atoms with Crippen molar-refractivity contribution in [3.8, 4) is 0 Å². The summed E-state index contributed by atoms with van der Waals surface area (Å²) in [4.78, 5) is 0.266. The molecule has 0 aliphatic heterocycles. The number of sulfonamides is 1. The smallest absolute Gasteiger partial charge is 0.241 e. The second kappa shape index (κ2) is 5.43. The molecule has 1 aromatic carbocycles. The summed E-state index contributed by atoms with van der Waals surface area (Å²) in [5.41, 5.74) is 0.697. The summed E-state index contributed by atoms with van der Waals surface area (Å²) in [6, 6.07) is 6.35. The first-order chi connectivity index (χ1) is 7.51. The van der Waals surface area contributed by atoms with E-state index < -0.39 is 16.1 Å². The zero-order valence-corrected chi connectivity index (χ0v) is 10.3. The minimum absolute atomic E-state index is 0.193. The first kappa shape index (κ1) is 13.2. The van der Waals surface area contributed by atoms with E-state index in [0.717, 1.165) is 0 Å². The van der Waals surface area contributed by atoms with E-state index >= 15 is 0 Å². The predicted molar refractivity (Wildman–Crippen MR) is 62.7 cm³/mol. The third-order valence-corrected chi connectivity index (χ3v) is 4.10. The van der Waals surface area contributed by atoms with Crippen molar-refractivity contribution in [2.45, 2.75) is 31.2 Å². The average molecular weight is 243 g/mol. The van der Waals surface area contributed by atoms with Gasteiger partial charge in [-0.25, -0.2) is 13.1 Å². The van der Waals surface area contributed by atoms with Gasteiger partial charge in [-0.15, -0.1) is 0 Å². The van der Waals surface area contributed by atoms with E-state index in [4.69, 9.17) is 5.11 Å². The molecule has 0 aliphatic rings. The van der Waals surface area contributed by atoms with E-state index in [1.54, 1.807) is 31.2 Å². The Hall–Kier alpha value is -0.910. The molecule has 1 atom stereocenters. The van der Waals surface area contributed by atoms with Crippen LogP contribution in [0.1, 0.15) is 18.9 Å². The van der Waals surface area contributed by atoms with Gasteiger partial charge in [-0.1, -0.05) is 25.1 Å². The van der Waals surface area contributed by atoms with Crippen LogP contribution in [-0.2, 0) is 10.0 Å². The topological polar surface area (TPSA) is 66.4 Å². The first-order valence-electron chi connectivity index (χ1n) is 5.20. The number of hydrogen-bond acceptors (Lipinski definition) is 3. The Balaban J connectivity index is 2.99. The van der Waals surface area contributed by atoms with E-state index in [-0.39, 0.29) is 11.5 Å². The maximum Gasteiger partial charge on any atom is 0.241 e. The van der Waals surface area contributed by atoms with Crippen molar-refractivity contribution in [1.82, 2.24) is 4.72 Å². The average Bonchev–Trinajstić information content (AvgIpc) is 2.26. The molecule has 2 N–H and O–H groups in total. The minimum atomic E-state index is -3.52. The minimum Gasteiger partial charge on any atom is -0.395 e. The van der Waals surface area contributed by atoms with Crippen LogP contribution in [0.15, 0.2) is 29.2 Å². The lowest BCUT2D eigenvalue weighted by molar-refractivity contribution is 0.254.